The van der Waals surface area contributed by atoms with E-state index in [2.05, 4.69) is 34.4 Å². The van der Waals surface area contributed by atoms with Crippen molar-refractivity contribution < 1.29 is 9.53 Å². The van der Waals surface area contributed by atoms with Gasteiger partial charge in [0, 0.05) is 31.1 Å². The van der Waals surface area contributed by atoms with Crippen LogP contribution < -0.4 is 10.6 Å². The van der Waals surface area contributed by atoms with Crippen molar-refractivity contribution in [2.75, 3.05) is 32.8 Å². The topological polar surface area (TPSA) is 66.5 Å². The summed E-state index contributed by atoms with van der Waals surface area (Å²) in [7, 11) is 0. The molecule has 0 unspecified atom stereocenters. The number of nitrogens with zero attached hydrogens (tertiary/aromatic N) is 2. The Morgan fingerprint density at radius 1 is 1.41 bits per heavy atom. The predicted octanol–water partition coefficient (Wildman–Crippen LogP) is 1.61. The van der Waals surface area contributed by atoms with Crippen LogP contribution in [0.2, 0.25) is 0 Å². The second-order valence-corrected chi connectivity index (χ2v) is 6.94. The van der Waals surface area contributed by atoms with Crippen LogP contribution in [0, 0.1) is 12.8 Å². The number of aryl methyl sites for hydroxylation is 1. The summed E-state index contributed by atoms with van der Waals surface area (Å²) in [5.41, 5.74) is 0.909. The van der Waals surface area contributed by atoms with Gasteiger partial charge in [-0.25, -0.2) is 9.78 Å². The van der Waals surface area contributed by atoms with E-state index in [-0.39, 0.29) is 6.03 Å². The fourth-order valence-electron chi connectivity index (χ4n) is 2.62. The van der Waals surface area contributed by atoms with Gasteiger partial charge in [-0.1, -0.05) is 13.8 Å². The van der Waals surface area contributed by atoms with Crippen molar-refractivity contribution in [1.29, 1.82) is 0 Å². The smallest absolute Gasteiger partial charge is 0.315 e. The van der Waals surface area contributed by atoms with Gasteiger partial charge in [-0.3, -0.25) is 4.90 Å². The van der Waals surface area contributed by atoms with Gasteiger partial charge in [0.25, 0.3) is 0 Å². The maximum Gasteiger partial charge on any atom is 0.315 e. The zero-order valence-corrected chi connectivity index (χ0v) is 14.4. The summed E-state index contributed by atoms with van der Waals surface area (Å²) >= 11 is 1.60. The lowest BCUT2D eigenvalue weighted by molar-refractivity contribution is 0.00719. The molecule has 2 rings (SSSR count). The van der Waals surface area contributed by atoms with Crippen molar-refractivity contribution in [2.45, 2.75) is 33.4 Å². The molecule has 2 amide bonds. The van der Waals surface area contributed by atoms with Crippen LogP contribution in [0.25, 0.3) is 0 Å². The maximum atomic E-state index is 11.9. The Kier molecular flexibility index (Phi) is 6.60. The van der Waals surface area contributed by atoms with Gasteiger partial charge in [-0.05, 0) is 12.8 Å². The third-order valence-corrected chi connectivity index (χ3v) is 4.67. The molecule has 124 valence electrons. The van der Waals surface area contributed by atoms with Crippen LogP contribution in [-0.4, -0.2) is 54.8 Å². The third kappa shape index (κ3) is 5.23. The van der Waals surface area contributed by atoms with E-state index >= 15 is 0 Å². The van der Waals surface area contributed by atoms with Crippen molar-refractivity contribution in [2.24, 2.45) is 5.92 Å². The summed E-state index contributed by atoms with van der Waals surface area (Å²) in [4.78, 5) is 18.7. The van der Waals surface area contributed by atoms with Crippen molar-refractivity contribution >= 4 is 17.4 Å². The molecule has 0 radical (unpaired) electrons. The van der Waals surface area contributed by atoms with Crippen LogP contribution in [0.4, 0.5) is 4.79 Å². The Labute approximate surface area is 136 Å². The number of hydrogen-bond donors (Lipinski definition) is 2. The molecule has 0 aromatic carbocycles. The van der Waals surface area contributed by atoms with E-state index in [0.717, 1.165) is 37.0 Å². The second kappa shape index (κ2) is 8.45. The molecule has 2 N–H and O–H groups in total. The van der Waals surface area contributed by atoms with Gasteiger partial charge in [0.1, 0.15) is 0 Å². The molecule has 0 bridgehead atoms. The number of ether oxygens (including phenoxy) is 1. The highest BCUT2D eigenvalue weighted by atomic mass is 32.1. The molecular weight excluding hydrogens is 300 g/mol. The van der Waals surface area contributed by atoms with E-state index in [1.54, 1.807) is 11.3 Å². The number of aromatic nitrogens is 1. The summed E-state index contributed by atoms with van der Waals surface area (Å²) in [5, 5.41) is 8.83. The Morgan fingerprint density at radius 3 is 2.73 bits per heavy atom. The Hall–Kier alpha value is -1.18. The first-order chi connectivity index (χ1) is 10.6. The molecule has 1 saturated heterocycles. The van der Waals surface area contributed by atoms with Gasteiger partial charge in [-0.15, -0.1) is 11.3 Å². The van der Waals surface area contributed by atoms with Gasteiger partial charge in [0.05, 0.1) is 30.5 Å². The summed E-state index contributed by atoms with van der Waals surface area (Å²) in [6.07, 6.45) is 0. The van der Waals surface area contributed by atoms with Crippen molar-refractivity contribution in [3.8, 4) is 0 Å². The highest BCUT2D eigenvalue weighted by Crippen LogP contribution is 2.12. The summed E-state index contributed by atoms with van der Waals surface area (Å²) < 4.78 is 5.40. The van der Waals surface area contributed by atoms with Gasteiger partial charge in [-0.2, -0.15) is 0 Å². The first-order valence-corrected chi connectivity index (χ1v) is 8.68. The number of hydrogen-bond acceptors (Lipinski definition) is 5. The number of urea groups is 1. The van der Waals surface area contributed by atoms with Gasteiger partial charge in [0.2, 0.25) is 0 Å². The predicted molar refractivity (Wildman–Crippen MR) is 88.1 cm³/mol. The summed E-state index contributed by atoms with van der Waals surface area (Å²) in [6.45, 7) is 10.9. The Balaban J connectivity index is 1.74. The van der Waals surface area contributed by atoms with Crippen LogP contribution in [0.1, 0.15) is 24.5 Å². The molecule has 1 aliphatic heterocycles. The molecule has 1 fully saturated rings. The van der Waals surface area contributed by atoms with Gasteiger partial charge in [0.15, 0.2) is 0 Å². The van der Waals surface area contributed by atoms with Crippen LogP contribution in [0.3, 0.4) is 0 Å². The molecule has 0 saturated carbocycles. The first kappa shape index (κ1) is 17.2. The molecule has 1 aromatic heterocycles. The highest BCUT2D eigenvalue weighted by Gasteiger charge is 2.24. The maximum absolute atomic E-state index is 11.9. The molecule has 1 atom stereocenters. The van der Waals surface area contributed by atoms with Crippen LogP contribution in [-0.2, 0) is 11.3 Å². The number of morpholine rings is 1. The third-order valence-electron chi connectivity index (χ3n) is 3.85. The number of rotatable bonds is 6. The molecule has 22 heavy (non-hydrogen) atoms. The average Bonchev–Trinajstić information content (AvgIpc) is 2.92. The molecule has 0 spiro atoms. The molecule has 1 aliphatic rings. The van der Waals surface area contributed by atoms with E-state index in [1.165, 1.54) is 0 Å². The van der Waals surface area contributed by atoms with Crippen molar-refractivity contribution in [3.63, 3.8) is 0 Å². The lowest BCUT2D eigenvalue weighted by atomic mass is 10.0. The quantitative estimate of drug-likeness (QED) is 0.833. The minimum Gasteiger partial charge on any atom is -0.379 e. The second-order valence-electron chi connectivity index (χ2n) is 5.88. The van der Waals surface area contributed by atoms with Crippen LogP contribution in [0.5, 0.6) is 0 Å². The fourth-order valence-corrected chi connectivity index (χ4v) is 3.23. The number of amides is 2. The minimum absolute atomic E-state index is 0.135. The molecule has 7 heteroatoms. The van der Waals surface area contributed by atoms with Crippen molar-refractivity contribution in [3.05, 3.63) is 16.1 Å². The first-order valence-electron chi connectivity index (χ1n) is 7.80. The molecule has 0 aliphatic carbocycles. The number of thiazole rings is 1. The van der Waals surface area contributed by atoms with Crippen LogP contribution >= 0.6 is 11.3 Å². The SMILES string of the molecule is Cc1nc(CNC(=O)NC[C@H](C(C)C)N2CCOCC2)cs1. The Morgan fingerprint density at radius 2 is 2.14 bits per heavy atom. The van der Waals surface area contributed by atoms with E-state index in [4.69, 9.17) is 4.74 Å². The average molecular weight is 326 g/mol. The zero-order valence-electron chi connectivity index (χ0n) is 13.6. The van der Waals surface area contributed by atoms with Crippen molar-refractivity contribution in [1.82, 2.24) is 20.5 Å². The Bertz CT molecular complexity index is 472. The summed E-state index contributed by atoms with van der Waals surface area (Å²) in [6, 6.07) is 0.209. The number of carbonyl (C=O) groups excluding carboxylic acids is 1. The van der Waals surface area contributed by atoms with E-state index in [1.807, 2.05) is 12.3 Å². The molecular formula is C15H26N4O2S. The van der Waals surface area contributed by atoms with E-state index in [0.29, 0.717) is 25.0 Å². The molecule has 2 heterocycles. The van der Waals surface area contributed by atoms with E-state index < -0.39 is 0 Å². The number of nitrogens with one attached hydrogen (secondary N) is 2. The monoisotopic (exact) mass is 326 g/mol. The van der Waals surface area contributed by atoms with Gasteiger partial charge >= 0.3 is 6.03 Å². The highest BCUT2D eigenvalue weighted by molar-refractivity contribution is 7.09. The molecule has 6 nitrogen and oxygen atoms in total. The lowest BCUT2D eigenvalue weighted by Crippen LogP contribution is -2.52. The fraction of sp³-hybridized carbons (Fsp3) is 0.733. The largest absolute Gasteiger partial charge is 0.379 e. The lowest BCUT2D eigenvalue weighted by Gasteiger charge is -2.36. The number of carbonyl (C=O) groups is 1. The van der Waals surface area contributed by atoms with E-state index in [9.17, 15) is 4.79 Å². The normalized spacial score (nSPS) is 17.5. The van der Waals surface area contributed by atoms with Crippen LogP contribution in [0.15, 0.2) is 5.38 Å². The zero-order chi connectivity index (χ0) is 15.9. The standard InChI is InChI=1S/C15H26N4O2S/c1-11(2)14(19-4-6-21-7-5-19)9-17-15(20)16-8-13-10-22-12(3)18-13/h10-11,14H,4-9H2,1-3H3,(H2,16,17,20)/t14-/m1/s1. The molecule has 1 aromatic rings. The minimum atomic E-state index is -0.135. The van der Waals surface area contributed by atoms with Gasteiger partial charge < -0.3 is 15.4 Å². The summed E-state index contributed by atoms with van der Waals surface area (Å²) in [5.74, 6) is 0.486.